The topological polar surface area (TPSA) is 55.5 Å². The molecule has 1 atom stereocenters. The lowest BCUT2D eigenvalue weighted by atomic mass is 10.0. The molecule has 1 rings (SSSR count). The Balaban J connectivity index is 3.38. The van der Waals surface area contributed by atoms with Crippen LogP contribution in [0.1, 0.15) is 17.2 Å². The lowest BCUT2D eigenvalue weighted by molar-refractivity contribution is 0.181. The average Bonchev–Trinajstić information content (AvgIpc) is 2.24. The molecular weight excluding hydrogens is 221 g/mol. The maximum Gasteiger partial charge on any atom is 0.148 e. The molecule has 1 aromatic carbocycles. The van der Waals surface area contributed by atoms with Crippen LogP contribution >= 0.6 is 11.6 Å². The van der Waals surface area contributed by atoms with Crippen LogP contribution in [-0.4, -0.2) is 18.8 Å². The summed E-state index contributed by atoms with van der Waals surface area (Å²) in [6.07, 6.45) is -0.906. The SMILES string of the molecule is COc1c(C(O)CN)cc(Cl)c(F)c1C. The highest BCUT2D eigenvalue weighted by atomic mass is 35.5. The van der Waals surface area contributed by atoms with Crippen molar-refractivity contribution in [3.05, 3.63) is 28.0 Å². The summed E-state index contributed by atoms with van der Waals surface area (Å²) in [4.78, 5) is 0. The summed E-state index contributed by atoms with van der Waals surface area (Å²) >= 11 is 5.67. The van der Waals surface area contributed by atoms with Gasteiger partial charge in [0.05, 0.1) is 18.2 Å². The lowest BCUT2D eigenvalue weighted by Crippen LogP contribution is -2.13. The van der Waals surface area contributed by atoms with Crippen molar-refractivity contribution in [2.45, 2.75) is 13.0 Å². The fourth-order valence-electron chi connectivity index (χ4n) is 1.41. The zero-order valence-electron chi connectivity index (χ0n) is 8.55. The predicted molar refractivity (Wildman–Crippen MR) is 56.7 cm³/mol. The van der Waals surface area contributed by atoms with E-state index in [2.05, 4.69) is 0 Å². The van der Waals surface area contributed by atoms with Crippen molar-refractivity contribution in [3.8, 4) is 5.75 Å². The number of nitrogens with two attached hydrogens (primary N) is 1. The third-order valence-electron chi connectivity index (χ3n) is 2.21. The highest BCUT2D eigenvalue weighted by Crippen LogP contribution is 2.34. The second kappa shape index (κ2) is 4.79. The monoisotopic (exact) mass is 233 g/mol. The van der Waals surface area contributed by atoms with Gasteiger partial charge in [-0.25, -0.2) is 4.39 Å². The molecule has 1 aromatic rings. The number of benzene rings is 1. The van der Waals surface area contributed by atoms with E-state index in [1.165, 1.54) is 20.1 Å². The average molecular weight is 234 g/mol. The number of aliphatic hydroxyl groups is 1. The molecule has 0 saturated heterocycles. The van der Waals surface area contributed by atoms with Crippen LogP contribution in [0.15, 0.2) is 6.07 Å². The Hall–Kier alpha value is -0.840. The molecule has 0 fully saturated rings. The normalized spacial score (nSPS) is 12.7. The molecule has 0 saturated carbocycles. The van der Waals surface area contributed by atoms with E-state index in [-0.39, 0.29) is 22.9 Å². The van der Waals surface area contributed by atoms with E-state index in [9.17, 15) is 9.50 Å². The number of rotatable bonds is 3. The van der Waals surface area contributed by atoms with Gasteiger partial charge >= 0.3 is 0 Å². The molecule has 0 bridgehead atoms. The number of ether oxygens (including phenoxy) is 1. The van der Waals surface area contributed by atoms with Gasteiger partial charge in [-0.2, -0.15) is 0 Å². The number of hydrogen-bond acceptors (Lipinski definition) is 3. The van der Waals surface area contributed by atoms with Crippen molar-refractivity contribution in [1.82, 2.24) is 0 Å². The molecule has 84 valence electrons. The first-order valence-electron chi connectivity index (χ1n) is 4.43. The first-order valence-corrected chi connectivity index (χ1v) is 4.81. The van der Waals surface area contributed by atoms with E-state index < -0.39 is 11.9 Å². The molecule has 0 aliphatic carbocycles. The number of hydrogen-bond donors (Lipinski definition) is 2. The van der Waals surface area contributed by atoms with E-state index in [1.807, 2.05) is 0 Å². The van der Waals surface area contributed by atoms with Crippen molar-refractivity contribution in [3.63, 3.8) is 0 Å². The molecule has 0 heterocycles. The largest absolute Gasteiger partial charge is 0.496 e. The Morgan fingerprint density at radius 2 is 2.27 bits per heavy atom. The van der Waals surface area contributed by atoms with Gasteiger partial charge in [0.2, 0.25) is 0 Å². The van der Waals surface area contributed by atoms with Crippen LogP contribution in [0.3, 0.4) is 0 Å². The summed E-state index contributed by atoms with van der Waals surface area (Å²) in [6, 6.07) is 1.33. The lowest BCUT2D eigenvalue weighted by Gasteiger charge is -2.16. The first-order chi connectivity index (χ1) is 7.02. The van der Waals surface area contributed by atoms with Crippen molar-refractivity contribution in [1.29, 1.82) is 0 Å². The minimum Gasteiger partial charge on any atom is -0.496 e. The van der Waals surface area contributed by atoms with E-state index in [0.717, 1.165) is 0 Å². The summed E-state index contributed by atoms with van der Waals surface area (Å²) in [5, 5.41) is 9.55. The molecule has 1 unspecified atom stereocenters. The minimum absolute atomic E-state index is 0.0256. The maximum atomic E-state index is 13.4. The van der Waals surface area contributed by atoms with Crippen LogP contribution in [0.4, 0.5) is 4.39 Å². The Labute approximate surface area is 92.6 Å². The molecule has 0 aliphatic rings. The van der Waals surface area contributed by atoms with Gasteiger partial charge in [-0.15, -0.1) is 0 Å². The Morgan fingerprint density at radius 3 is 2.73 bits per heavy atom. The van der Waals surface area contributed by atoms with E-state index >= 15 is 0 Å². The molecule has 0 aromatic heterocycles. The van der Waals surface area contributed by atoms with Crippen LogP contribution in [0.2, 0.25) is 5.02 Å². The number of halogens is 2. The zero-order chi connectivity index (χ0) is 11.6. The second-order valence-corrected chi connectivity index (χ2v) is 3.58. The Bertz CT molecular complexity index is 371. The van der Waals surface area contributed by atoms with Crippen molar-refractivity contribution in [2.75, 3.05) is 13.7 Å². The summed E-state index contributed by atoms with van der Waals surface area (Å²) in [5.74, 6) is -0.253. The standard InChI is InChI=1S/C10H13ClFNO2/c1-5-9(12)7(11)3-6(8(14)4-13)10(5)15-2/h3,8,14H,4,13H2,1-2H3. The zero-order valence-corrected chi connectivity index (χ0v) is 9.31. The molecule has 3 N–H and O–H groups in total. The van der Waals surface area contributed by atoms with Crippen LogP contribution in [-0.2, 0) is 0 Å². The molecule has 0 spiro atoms. The van der Waals surface area contributed by atoms with Gasteiger partial charge in [0.1, 0.15) is 11.6 Å². The van der Waals surface area contributed by atoms with Gasteiger partial charge in [-0.3, -0.25) is 0 Å². The summed E-state index contributed by atoms with van der Waals surface area (Å²) in [5.41, 5.74) is 6.00. The summed E-state index contributed by atoms with van der Waals surface area (Å²) in [7, 11) is 1.41. The van der Waals surface area contributed by atoms with Crippen molar-refractivity contribution >= 4 is 11.6 Å². The molecular formula is C10H13ClFNO2. The molecule has 0 radical (unpaired) electrons. The predicted octanol–water partition coefficient (Wildman–Crippen LogP) is 1.79. The quantitative estimate of drug-likeness (QED) is 0.837. The van der Waals surface area contributed by atoms with Crippen LogP contribution < -0.4 is 10.5 Å². The second-order valence-electron chi connectivity index (χ2n) is 3.17. The smallest absolute Gasteiger partial charge is 0.148 e. The molecule has 3 nitrogen and oxygen atoms in total. The van der Waals surface area contributed by atoms with Gasteiger partial charge < -0.3 is 15.6 Å². The molecule has 5 heteroatoms. The number of methoxy groups -OCH3 is 1. The fourth-order valence-corrected chi connectivity index (χ4v) is 1.67. The van der Waals surface area contributed by atoms with Gasteiger partial charge in [0, 0.05) is 17.7 Å². The fraction of sp³-hybridized carbons (Fsp3) is 0.400. The van der Waals surface area contributed by atoms with Gasteiger partial charge in [0.15, 0.2) is 0 Å². The van der Waals surface area contributed by atoms with Crippen LogP contribution in [0.5, 0.6) is 5.75 Å². The first kappa shape index (κ1) is 12.2. The third-order valence-corrected chi connectivity index (χ3v) is 2.49. The van der Waals surface area contributed by atoms with Gasteiger partial charge in [-0.05, 0) is 13.0 Å². The summed E-state index contributed by atoms with van der Waals surface area (Å²) < 4.78 is 18.4. The van der Waals surface area contributed by atoms with E-state index in [4.69, 9.17) is 22.1 Å². The van der Waals surface area contributed by atoms with Gasteiger partial charge in [0.25, 0.3) is 0 Å². The maximum absolute atomic E-state index is 13.4. The molecule has 0 aliphatic heterocycles. The Morgan fingerprint density at radius 1 is 1.67 bits per heavy atom. The van der Waals surface area contributed by atoms with Gasteiger partial charge in [-0.1, -0.05) is 11.6 Å². The number of aliphatic hydroxyl groups excluding tert-OH is 1. The van der Waals surface area contributed by atoms with Crippen molar-refractivity contribution in [2.24, 2.45) is 5.73 Å². The van der Waals surface area contributed by atoms with Crippen LogP contribution in [0, 0.1) is 12.7 Å². The Kier molecular flexibility index (Phi) is 3.90. The van der Waals surface area contributed by atoms with E-state index in [0.29, 0.717) is 5.56 Å². The van der Waals surface area contributed by atoms with E-state index in [1.54, 1.807) is 0 Å². The minimum atomic E-state index is -0.906. The van der Waals surface area contributed by atoms with Crippen LogP contribution in [0.25, 0.3) is 0 Å². The highest BCUT2D eigenvalue weighted by Gasteiger charge is 2.19. The molecule has 15 heavy (non-hydrogen) atoms. The van der Waals surface area contributed by atoms with Crippen molar-refractivity contribution < 1.29 is 14.2 Å². The highest BCUT2D eigenvalue weighted by molar-refractivity contribution is 6.31. The summed E-state index contributed by atoms with van der Waals surface area (Å²) in [6.45, 7) is 1.56. The third kappa shape index (κ3) is 2.22. The molecule has 0 amide bonds.